The summed E-state index contributed by atoms with van der Waals surface area (Å²) in [4.78, 5) is 0.849. The maximum atomic E-state index is 12.2. The van der Waals surface area contributed by atoms with Gasteiger partial charge in [-0.3, -0.25) is 0 Å². The fourth-order valence-electron chi connectivity index (χ4n) is 1.43. The van der Waals surface area contributed by atoms with Crippen LogP contribution in [0.1, 0.15) is 18.2 Å². The Balaban J connectivity index is 2.91. The van der Waals surface area contributed by atoms with Crippen LogP contribution >= 0.6 is 11.3 Å². The van der Waals surface area contributed by atoms with E-state index in [1.165, 1.54) is 15.6 Å². The number of hydrogen-bond acceptors (Lipinski definition) is 5. The Hall–Kier alpha value is -0.470. The third-order valence-corrected chi connectivity index (χ3v) is 5.90. The fourth-order valence-corrected chi connectivity index (χ4v) is 4.31. The lowest BCUT2D eigenvalue weighted by molar-refractivity contribution is 0.271. The van der Waals surface area contributed by atoms with Gasteiger partial charge in [-0.25, -0.2) is 8.42 Å². The fraction of sp³-hybridized carbons (Fsp3) is 0.600. The Morgan fingerprint density at radius 1 is 1.47 bits per heavy atom. The zero-order chi connectivity index (χ0) is 12.9. The first-order valence-corrected chi connectivity index (χ1v) is 7.71. The van der Waals surface area contributed by atoms with Crippen LogP contribution < -0.4 is 5.73 Å². The molecule has 7 heteroatoms. The van der Waals surface area contributed by atoms with Crippen molar-refractivity contribution in [3.8, 4) is 0 Å². The molecule has 17 heavy (non-hydrogen) atoms. The molecule has 0 atom stereocenters. The Kier molecular flexibility index (Phi) is 5.54. The topological polar surface area (TPSA) is 83.6 Å². The molecule has 0 aromatic carbocycles. The van der Waals surface area contributed by atoms with Gasteiger partial charge in [-0.1, -0.05) is 6.92 Å². The molecule has 1 heterocycles. The Bertz CT molecular complexity index is 442. The molecule has 0 saturated carbocycles. The molecule has 1 rings (SSSR count). The maximum Gasteiger partial charge on any atom is 0.252 e. The molecule has 0 aliphatic heterocycles. The van der Waals surface area contributed by atoms with E-state index >= 15 is 0 Å². The monoisotopic (exact) mass is 278 g/mol. The Morgan fingerprint density at radius 3 is 2.65 bits per heavy atom. The summed E-state index contributed by atoms with van der Waals surface area (Å²) in [7, 11) is -3.43. The standard InChI is InChI=1S/C10H18N2O3S2/c1-2-12(6-3-7-13)17(14,15)10-5-4-9(8-11)16-10/h4-5,13H,2-3,6-8,11H2,1H3. The molecule has 0 unspecified atom stereocenters. The third kappa shape index (κ3) is 3.49. The van der Waals surface area contributed by atoms with E-state index in [2.05, 4.69) is 0 Å². The van der Waals surface area contributed by atoms with Gasteiger partial charge in [0.1, 0.15) is 4.21 Å². The molecule has 0 aliphatic carbocycles. The summed E-state index contributed by atoms with van der Waals surface area (Å²) in [5.41, 5.74) is 5.46. The zero-order valence-electron chi connectivity index (χ0n) is 9.80. The highest BCUT2D eigenvalue weighted by molar-refractivity contribution is 7.91. The van der Waals surface area contributed by atoms with Crippen LogP contribution in [0.2, 0.25) is 0 Å². The predicted octanol–water partition coefficient (Wildman–Crippen LogP) is 0.600. The largest absolute Gasteiger partial charge is 0.396 e. The highest BCUT2D eigenvalue weighted by atomic mass is 32.2. The van der Waals surface area contributed by atoms with Crippen LogP contribution in [0.15, 0.2) is 16.3 Å². The molecule has 5 nitrogen and oxygen atoms in total. The van der Waals surface area contributed by atoms with Crippen LogP contribution in [0, 0.1) is 0 Å². The van der Waals surface area contributed by atoms with Gasteiger partial charge >= 0.3 is 0 Å². The molecule has 0 aliphatic rings. The minimum absolute atomic E-state index is 0.00941. The molecule has 1 aromatic rings. The normalized spacial score (nSPS) is 12.2. The molecule has 0 fully saturated rings. The van der Waals surface area contributed by atoms with Crippen molar-refractivity contribution in [2.45, 2.75) is 24.1 Å². The van der Waals surface area contributed by atoms with E-state index in [9.17, 15) is 8.42 Å². The average molecular weight is 278 g/mol. The second-order valence-corrected chi connectivity index (χ2v) is 6.83. The summed E-state index contributed by atoms with van der Waals surface area (Å²) in [5.74, 6) is 0. The molecular formula is C10H18N2O3S2. The molecule has 3 N–H and O–H groups in total. The van der Waals surface area contributed by atoms with Crippen molar-refractivity contribution in [1.82, 2.24) is 4.31 Å². The highest BCUT2D eigenvalue weighted by Crippen LogP contribution is 2.24. The van der Waals surface area contributed by atoms with Crippen molar-refractivity contribution in [3.63, 3.8) is 0 Å². The molecular weight excluding hydrogens is 260 g/mol. The summed E-state index contributed by atoms with van der Waals surface area (Å²) >= 11 is 1.20. The van der Waals surface area contributed by atoms with Crippen molar-refractivity contribution in [2.75, 3.05) is 19.7 Å². The smallest absolute Gasteiger partial charge is 0.252 e. The molecule has 0 spiro atoms. The number of nitrogens with zero attached hydrogens (tertiary/aromatic N) is 1. The third-order valence-electron chi connectivity index (χ3n) is 2.35. The van der Waals surface area contributed by atoms with Crippen molar-refractivity contribution < 1.29 is 13.5 Å². The Labute approximate surface area is 106 Å². The maximum absolute atomic E-state index is 12.2. The van der Waals surface area contributed by atoms with E-state index in [1.54, 1.807) is 19.1 Å². The number of rotatable bonds is 7. The predicted molar refractivity (Wildman–Crippen MR) is 68.3 cm³/mol. The van der Waals surface area contributed by atoms with E-state index in [4.69, 9.17) is 10.8 Å². The number of hydrogen-bond donors (Lipinski definition) is 2. The second-order valence-electron chi connectivity index (χ2n) is 3.50. The number of aliphatic hydroxyl groups is 1. The molecule has 0 radical (unpaired) electrons. The van der Waals surface area contributed by atoms with Gasteiger partial charge in [0.15, 0.2) is 0 Å². The van der Waals surface area contributed by atoms with Crippen molar-refractivity contribution in [1.29, 1.82) is 0 Å². The van der Waals surface area contributed by atoms with Gasteiger partial charge in [0, 0.05) is 31.1 Å². The lowest BCUT2D eigenvalue weighted by Crippen LogP contribution is -2.31. The molecule has 0 saturated heterocycles. The molecule has 98 valence electrons. The van der Waals surface area contributed by atoms with Crippen LogP contribution in [-0.4, -0.2) is 37.5 Å². The van der Waals surface area contributed by atoms with Crippen molar-refractivity contribution in [2.24, 2.45) is 5.73 Å². The van der Waals surface area contributed by atoms with Gasteiger partial charge in [-0.2, -0.15) is 4.31 Å². The number of sulfonamides is 1. The number of thiophene rings is 1. The van der Waals surface area contributed by atoms with Gasteiger partial charge in [-0.15, -0.1) is 11.3 Å². The molecule has 0 amide bonds. The number of nitrogens with two attached hydrogens (primary N) is 1. The minimum atomic E-state index is -3.43. The van der Waals surface area contributed by atoms with Gasteiger partial charge in [0.2, 0.25) is 0 Å². The summed E-state index contributed by atoms with van der Waals surface area (Å²) < 4.78 is 26.1. The quantitative estimate of drug-likeness (QED) is 0.765. The van der Waals surface area contributed by atoms with Crippen LogP contribution in [-0.2, 0) is 16.6 Å². The molecule has 0 bridgehead atoms. The van der Waals surface area contributed by atoms with Crippen LogP contribution in [0.25, 0.3) is 0 Å². The van der Waals surface area contributed by atoms with Crippen LogP contribution in [0.5, 0.6) is 0 Å². The first-order chi connectivity index (χ1) is 8.06. The highest BCUT2D eigenvalue weighted by Gasteiger charge is 2.24. The van der Waals surface area contributed by atoms with E-state index in [0.717, 1.165) is 4.88 Å². The van der Waals surface area contributed by atoms with E-state index in [1.807, 2.05) is 0 Å². The van der Waals surface area contributed by atoms with Crippen LogP contribution in [0.3, 0.4) is 0 Å². The van der Waals surface area contributed by atoms with E-state index < -0.39 is 10.0 Å². The van der Waals surface area contributed by atoms with Gasteiger partial charge in [0.05, 0.1) is 0 Å². The van der Waals surface area contributed by atoms with Gasteiger partial charge < -0.3 is 10.8 Å². The Morgan fingerprint density at radius 2 is 2.18 bits per heavy atom. The van der Waals surface area contributed by atoms with E-state index in [0.29, 0.717) is 30.3 Å². The number of aliphatic hydroxyl groups excluding tert-OH is 1. The minimum Gasteiger partial charge on any atom is -0.396 e. The SMILES string of the molecule is CCN(CCCO)S(=O)(=O)c1ccc(CN)s1. The van der Waals surface area contributed by atoms with Gasteiger partial charge in [-0.05, 0) is 18.6 Å². The summed E-state index contributed by atoms with van der Waals surface area (Å²) in [6, 6.07) is 3.32. The second kappa shape index (κ2) is 6.46. The van der Waals surface area contributed by atoms with E-state index in [-0.39, 0.29) is 6.61 Å². The van der Waals surface area contributed by atoms with Crippen LogP contribution in [0.4, 0.5) is 0 Å². The zero-order valence-corrected chi connectivity index (χ0v) is 11.4. The first-order valence-electron chi connectivity index (χ1n) is 5.46. The summed E-state index contributed by atoms with van der Waals surface area (Å²) in [6.45, 7) is 2.86. The van der Waals surface area contributed by atoms with Gasteiger partial charge in [0.25, 0.3) is 10.0 Å². The summed E-state index contributed by atoms with van der Waals surface area (Å²) in [6.07, 6.45) is 0.447. The lowest BCUT2D eigenvalue weighted by atomic mass is 10.4. The van der Waals surface area contributed by atoms with Crippen molar-refractivity contribution >= 4 is 21.4 Å². The summed E-state index contributed by atoms with van der Waals surface area (Å²) in [5, 5.41) is 8.75. The first kappa shape index (κ1) is 14.6. The lowest BCUT2D eigenvalue weighted by Gasteiger charge is -2.18. The molecule has 1 aromatic heterocycles. The average Bonchev–Trinajstić information content (AvgIpc) is 2.79. The van der Waals surface area contributed by atoms with Crippen molar-refractivity contribution in [3.05, 3.63) is 17.0 Å².